The molecule has 0 aliphatic carbocycles. The van der Waals surface area contributed by atoms with Crippen molar-refractivity contribution in [3.8, 4) is 5.75 Å². The van der Waals surface area contributed by atoms with Gasteiger partial charge in [0.05, 0.1) is 12.3 Å². The van der Waals surface area contributed by atoms with E-state index in [0.717, 1.165) is 17.6 Å². The summed E-state index contributed by atoms with van der Waals surface area (Å²) < 4.78 is 29.5. The number of carbonyl (C=O) groups excluding carboxylic acids is 1. The van der Waals surface area contributed by atoms with E-state index in [1.807, 2.05) is 38.1 Å². The molecule has 1 atom stereocenters. The molecule has 1 rings (SSSR count). The molecule has 0 saturated carbocycles. The van der Waals surface area contributed by atoms with Crippen LogP contribution in [0.4, 0.5) is 0 Å². The van der Waals surface area contributed by atoms with Gasteiger partial charge >= 0.3 is 0 Å². The molecule has 7 heteroatoms. The summed E-state index contributed by atoms with van der Waals surface area (Å²) in [5.74, 6) is 0.534. The van der Waals surface area contributed by atoms with Crippen LogP contribution in [0.3, 0.4) is 0 Å². The zero-order chi connectivity index (χ0) is 15.9. The van der Waals surface area contributed by atoms with Crippen LogP contribution in [-0.4, -0.2) is 39.8 Å². The molecule has 0 radical (unpaired) electrons. The molecule has 21 heavy (non-hydrogen) atoms. The Kier molecular flexibility index (Phi) is 6.64. The van der Waals surface area contributed by atoms with Crippen LogP contribution in [0.15, 0.2) is 24.3 Å². The Labute approximate surface area is 125 Å². The Hall–Kier alpha value is -1.60. The third kappa shape index (κ3) is 8.31. The molecule has 1 amide bonds. The molecule has 6 nitrogen and oxygen atoms in total. The normalized spacial score (nSPS) is 12.7. The SMILES string of the molecule is Cc1ccc(OC[C@@H](C)NC(=O)CCNS(C)(=O)=O)cc1. The van der Waals surface area contributed by atoms with E-state index in [2.05, 4.69) is 10.0 Å². The van der Waals surface area contributed by atoms with Crippen molar-refractivity contribution in [2.24, 2.45) is 0 Å². The minimum Gasteiger partial charge on any atom is -0.491 e. The van der Waals surface area contributed by atoms with Gasteiger partial charge in [0.2, 0.25) is 15.9 Å². The van der Waals surface area contributed by atoms with E-state index in [9.17, 15) is 13.2 Å². The van der Waals surface area contributed by atoms with Crippen molar-refractivity contribution >= 4 is 15.9 Å². The predicted molar refractivity (Wildman–Crippen MR) is 81.7 cm³/mol. The van der Waals surface area contributed by atoms with Crippen LogP contribution >= 0.6 is 0 Å². The third-order valence-electron chi connectivity index (χ3n) is 2.64. The number of ether oxygens (including phenoxy) is 1. The Morgan fingerprint density at radius 1 is 1.29 bits per heavy atom. The lowest BCUT2D eigenvalue weighted by Gasteiger charge is -2.15. The first kappa shape index (κ1) is 17.5. The van der Waals surface area contributed by atoms with Crippen molar-refractivity contribution in [2.75, 3.05) is 19.4 Å². The van der Waals surface area contributed by atoms with Gasteiger partial charge in [0.1, 0.15) is 12.4 Å². The molecule has 1 aromatic rings. The van der Waals surface area contributed by atoms with E-state index < -0.39 is 10.0 Å². The smallest absolute Gasteiger partial charge is 0.221 e. The standard InChI is InChI=1S/C14H22N2O4S/c1-11-4-6-13(7-5-11)20-10-12(2)16-14(17)8-9-15-21(3,18)19/h4-7,12,15H,8-10H2,1-3H3,(H,16,17)/t12-/m1/s1. The number of hydrogen-bond donors (Lipinski definition) is 2. The molecule has 0 fully saturated rings. The van der Waals surface area contributed by atoms with Crippen molar-refractivity contribution in [1.82, 2.24) is 10.0 Å². The molecule has 0 unspecified atom stereocenters. The van der Waals surface area contributed by atoms with Gasteiger partial charge in [0.15, 0.2) is 0 Å². The van der Waals surface area contributed by atoms with E-state index in [0.29, 0.717) is 6.61 Å². The molecule has 0 spiro atoms. The average molecular weight is 314 g/mol. The van der Waals surface area contributed by atoms with E-state index in [1.165, 1.54) is 0 Å². The fourth-order valence-electron chi connectivity index (χ4n) is 1.59. The van der Waals surface area contributed by atoms with Gasteiger partial charge in [-0.15, -0.1) is 0 Å². The van der Waals surface area contributed by atoms with Crippen LogP contribution in [-0.2, 0) is 14.8 Å². The van der Waals surface area contributed by atoms with Crippen LogP contribution in [0.2, 0.25) is 0 Å². The summed E-state index contributed by atoms with van der Waals surface area (Å²) >= 11 is 0. The first-order valence-electron chi connectivity index (χ1n) is 6.70. The maximum atomic E-state index is 11.6. The minimum absolute atomic E-state index is 0.0935. The average Bonchev–Trinajstić information content (AvgIpc) is 2.36. The van der Waals surface area contributed by atoms with Crippen LogP contribution < -0.4 is 14.8 Å². The quantitative estimate of drug-likeness (QED) is 0.744. The summed E-state index contributed by atoms with van der Waals surface area (Å²) in [4.78, 5) is 11.6. The molecular formula is C14H22N2O4S. The van der Waals surface area contributed by atoms with Crippen LogP contribution in [0.1, 0.15) is 18.9 Å². The van der Waals surface area contributed by atoms with Gasteiger partial charge in [-0.1, -0.05) is 17.7 Å². The highest BCUT2D eigenvalue weighted by atomic mass is 32.2. The van der Waals surface area contributed by atoms with E-state index in [4.69, 9.17) is 4.74 Å². The zero-order valence-corrected chi connectivity index (χ0v) is 13.4. The molecule has 0 aliphatic heterocycles. The van der Waals surface area contributed by atoms with Gasteiger partial charge < -0.3 is 10.1 Å². The fraction of sp³-hybridized carbons (Fsp3) is 0.500. The first-order chi connectivity index (χ1) is 9.76. The highest BCUT2D eigenvalue weighted by Gasteiger charge is 2.09. The number of rotatable bonds is 8. The van der Waals surface area contributed by atoms with Crippen molar-refractivity contribution < 1.29 is 17.9 Å². The number of hydrogen-bond acceptors (Lipinski definition) is 4. The number of carbonyl (C=O) groups is 1. The number of amides is 1. The second-order valence-corrected chi connectivity index (χ2v) is 6.84. The second kappa shape index (κ2) is 7.99. The highest BCUT2D eigenvalue weighted by Crippen LogP contribution is 2.11. The summed E-state index contributed by atoms with van der Waals surface area (Å²) in [6.45, 7) is 4.28. The molecule has 118 valence electrons. The van der Waals surface area contributed by atoms with Gasteiger partial charge in [-0.3, -0.25) is 4.79 Å². The maximum Gasteiger partial charge on any atom is 0.221 e. The molecule has 2 N–H and O–H groups in total. The van der Waals surface area contributed by atoms with Gasteiger partial charge in [-0.25, -0.2) is 13.1 Å². The Balaban J connectivity index is 2.25. The van der Waals surface area contributed by atoms with Crippen LogP contribution in [0, 0.1) is 6.92 Å². The zero-order valence-electron chi connectivity index (χ0n) is 12.5. The summed E-state index contributed by atoms with van der Waals surface area (Å²) in [5.41, 5.74) is 1.15. The summed E-state index contributed by atoms with van der Waals surface area (Å²) in [7, 11) is -3.25. The maximum absolute atomic E-state index is 11.6. The second-order valence-electron chi connectivity index (χ2n) is 5.01. The van der Waals surface area contributed by atoms with Gasteiger partial charge in [0, 0.05) is 13.0 Å². The molecule has 0 aromatic heterocycles. The summed E-state index contributed by atoms with van der Waals surface area (Å²) in [5, 5.41) is 2.75. The number of benzene rings is 1. The lowest BCUT2D eigenvalue weighted by molar-refractivity contribution is -0.121. The van der Waals surface area contributed by atoms with Gasteiger partial charge in [-0.2, -0.15) is 0 Å². The largest absolute Gasteiger partial charge is 0.491 e. The summed E-state index contributed by atoms with van der Waals surface area (Å²) in [6, 6.07) is 7.50. The molecule has 0 aliphatic rings. The van der Waals surface area contributed by atoms with Crippen molar-refractivity contribution in [3.63, 3.8) is 0 Å². The van der Waals surface area contributed by atoms with Crippen molar-refractivity contribution in [2.45, 2.75) is 26.3 Å². The molecule has 1 aromatic carbocycles. The topological polar surface area (TPSA) is 84.5 Å². The monoisotopic (exact) mass is 314 g/mol. The Morgan fingerprint density at radius 3 is 2.48 bits per heavy atom. The Morgan fingerprint density at radius 2 is 1.90 bits per heavy atom. The molecule has 0 heterocycles. The van der Waals surface area contributed by atoms with E-state index in [1.54, 1.807) is 0 Å². The van der Waals surface area contributed by atoms with Gasteiger partial charge in [0.25, 0.3) is 0 Å². The number of sulfonamides is 1. The third-order valence-corrected chi connectivity index (χ3v) is 3.37. The lowest BCUT2D eigenvalue weighted by Crippen LogP contribution is -2.38. The van der Waals surface area contributed by atoms with E-state index in [-0.39, 0.29) is 24.9 Å². The van der Waals surface area contributed by atoms with Gasteiger partial charge in [-0.05, 0) is 26.0 Å². The minimum atomic E-state index is -3.25. The van der Waals surface area contributed by atoms with Crippen LogP contribution in [0.25, 0.3) is 0 Å². The molecule has 0 bridgehead atoms. The van der Waals surface area contributed by atoms with Crippen LogP contribution in [0.5, 0.6) is 5.75 Å². The molecular weight excluding hydrogens is 292 g/mol. The highest BCUT2D eigenvalue weighted by molar-refractivity contribution is 7.88. The van der Waals surface area contributed by atoms with E-state index >= 15 is 0 Å². The number of aryl methyl sites for hydroxylation is 1. The Bertz CT molecular complexity index is 555. The number of nitrogens with one attached hydrogen (secondary N) is 2. The first-order valence-corrected chi connectivity index (χ1v) is 8.59. The van der Waals surface area contributed by atoms with Crippen molar-refractivity contribution in [1.29, 1.82) is 0 Å². The lowest BCUT2D eigenvalue weighted by atomic mass is 10.2. The van der Waals surface area contributed by atoms with Crippen molar-refractivity contribution in [3.05, 3.63) is 29.8 Å². The fourth-order valence-corrected chi connectivity index (χ4v) is 2.07. The summed E-state index contributed by atoms with van der Waals surface area (Å²) in [6.07, 6.45) is 1.16. The predicted octanol–water partition coefficient (Wildman–Crippen LogP) is 0.818. The molecule has 0 saturated heterocycles.